The van der Waals surface area contributed by atoms with Gasteiger partial charge in [-0.1, -0.05) is 11.6 Å². The van der Waals surface area contributed by atoms with Crippen molar-refractivity contribution in [3.05, 3.63) is 34.9 Å². The lowest BCUT2D eigenvalue weighted by molar-refractivity contribution is -0.136. The first-order valence-electron chi connectivity index (χ1n) is 8.73. The third kappa shape index (κ3) is 4.88. The monoisotopic (exact) mass is 401 g/mol. The minimum absolute atomic E-state index is 0. The summed E-state index contributed by atoms with van der Waals surface area (Å²) >= 11 is 5.86. The van der Waals surface area contributed by atoms with Crippen molar-refractivity contribution in [2.24, 2.45) is 11.7 Å². The molecule has 2 aliphatic heterocycles. The van der Waals surface area contributed by atoms with E-state index >= 15 is 0 Å². The summed E-state index contributed by atoms with van der Waals surface area (Å²) in [6, 6.07) is 6.40. The maximum absolute atomic E-state index is 12.6. The topological polar surface area (TPSA) is 75.9 Å². The molecule has 0 spiro atoms. The Labute approximate surface area is 165 Å². The van der Waals surface area contributed by atoms with Crippen LogP contribution in [0.2, 0.25) is 5.02 Å². The van der Waals surface area contributed by atoms with Crippen molar-refractivity contribution in [3.63, 3.8) is 0 Å². The van der Waals surface area contributed by atoms with Gasteiger partial charge in [-0.2, -0.15) is 0 Å². The third-order valence-electron chi connectivity index (χ3n) is 5.03. The summed E-state index contributed by atoms with van der Waals surface area (Å²) in [6.45, 7) is 3.44. The molecule has 0 saturated carbocycles. The van der Waals surface area contributed by atoms with Crippen LogP contribution in [0.5, 0.6) is 0 Å². The fourth-order valence-corrected chi connectivity index (χ4v) is 3.52. The summed E-state index contributed by atoms with van der Waals surface area (Å²) in [6.07, 6.45) is 1.67. The second kappa shape index (κ2) is 9.55. The highest BCUT2D eigenvalue weighted by atomic mass is 35.5. The number of amides is 2. The number of carbonyl (C=O) groups is 2. The van der Waals surface area contributed by atoms with Crippen LogP contribution in [0.25, 0.3) is 0 Å². The Morgan fingerprint density at radius 2 is 1.58 bits per heavy atom. The molecule has 2 amide bonds. The highest BCUT2D eigenvalue weighted by Gasteiger charge is 2.32. The molecular weight excluding hydrogens is 377 g/mol. The number of ether oxygens (including phenoxy) is 1. The van der Waals surface area contributed by atoms with E-state index in [9.17, 15) is 9.59 Å². The first-order chi connectivity index (χ1) is 12.1. The molecule has 0 bridgehead atoms. The Kier molecular flexibility index (Phi) is 7.70. The minimum Gasteiger partial charge on any atom is -0.381 e. The number of halogens is 2. The third-order valence-corrected chi connectivity index (χ3v) is 5.28. The summed E-state index contributed by atoms with van der Waals surface area (Å²) in [5.41, 5.74) is 6.80. The van der Waals surface area contributed by atoms with E-state index in [-0.39, 0.29) is 30.1 Å². The van der Waals surface area contributed by atoms with Gasteiger partial charge in [0, 0.05) is 50.0 Å². The van der Waals surface area contributed by atoms with E-state index in [1.807, 2.05) is 0 Å². The quantitative estimate of drug-likeness (QED) is 0.837. The molecule has 26 heavy (non-hydrogen) atoms. The van der Waals surface area contributed by atoms with Crippen LogP contribution in [0.3, 0.4) is 0 Å². The summed E-state index contributed by atoms with van der Waals surface area (Å²) in [4.78, 5) is 28.7. The van der Waals surface area contributed by atoms with Crippen molar-refractivity contribution in [1.82, 2.24) is 9.80 Å². The highest BCUT2D eigenvalue weighted by Crippen LogP contribution is 2.20. The molecule has 3 rings (SSSR count). The minimum atomic E-state index is -0.470. The molecule has 6 nitrogen and oxygen atoms in total. The van der Waals surface area contributed by atoms with Crippen LogP contribution in [-0.4, -0.2) is 67.0 Å². The molecule has 2 N–H and O–H groups in total. The van der Waals surface area contributed by atoms with Crippen molar-refractivity contribution in [2.45, 2.75) is 18.9 Å². The Morgan fingerprint density at radius 1 is 1.04 bits per heavy atom. The Morgan fingerprint density at radius 3 is 2.15 bits per heavy atom. The lowest BCUT2D eigenvalue weighted by Crippen LogP contribution is -2.56. The van der Waals surface area contributed by atoms with Crippen LogP contribution < -0.4 is 5.73 Å². The zero-order chi connectivity index (χ0) is 17.8. The Hall–Kier alpha value is -1.34. The fraction of sp³-hybridized carbons (Fsp3) is 0.556. The van der Waals surface area contributed by atoms with Crippen LogP contribution in [0.4, 0.5) is 0 Å². The van der Waals surface area contributed by atoms with Gasteiger partial charge in [-0.25, -0.2) is 0 Å². The van der Waals surface area contributed by atoms with Crippen molar-refractivity contribution in [1.29, 1.82) is 0 Å². The molecule has 1 unspecified atom stereocenters. The Balaban J connectivity index is 0.00000243. The molecule has 0 aromatic heterocycles. The second-order valence-corrected chi connectivity index (χ2v) is 7.04. The van der Waals surface area contributed by atoms with Gasteiger partial charge in [0.2, 0.25) is 5.91 Å². The lowest BCUT2D eigenvalue weighted by Gasteiger charge is -2.37. The van der Waals surface area contributed by atoms with E-state index in [0.29, 0.717) is 50.0 Å². The average Bonchev–Trinajstić information content (AvgIpc) is 2.67. The number of hydrogen-bond acceptors (Lipinski definition) is 4. The number of hydrogen-bond donors (Lipinski definition) is 1. The van der Waals surface area contributed by atoms with E-state index < -0.39 is 6.04 Å². The maximum Gasteiger partial charge on any atom is 0.253 e. The number of rotatable bonds is 3. The van der Waals surface area contributed by atoms with Gasteiger partial charge in [0.1, 0.15) is 0 Å². The molecule has 0 aliphatic carbocycles. The van der Waals surface area contributed by atoms with Gasteiger partial charge in [0.25, 0.3) is 5.91 Å². The van der Waals surface area contributed by atoms with Gasteiger partial charge in [-0.3, -0.25) is 9.59 Å². The zero-order valence-electron chi connectivity index (χ0n) is 14.6. The summed E-state index contributed by atoms with van der Waals surface area (Å²) in [5, 5.41) is 0.606. The molecule has 2 heterocycles. The fourth-order valence-electron chi connectivity index (χ4n) is 3.39. The molecule has 1 aromatic rings. The summed E-state index contributed by atoms with van der Waals surface area (Å²) in [5.74, 6) is 0.151. The molecular formula is C18H25Cl2N3O3. The van der Waals surface area contributed by atoms with Gasteiger partial charge in [-0.15, -0.1) is 12.4 Å². The van der Waals surface area contributed by atoms with Gasteiger partial charge < -0.3 is 20.3 Å². The predicted molar refractivity (Wildman–Crippen MR) is 103 cm³/mol. The van der Waals surface area contributed by atoms with E-state index in [4.69, 9.17) is 22.1 Å². The molecule has 2 aliphatic rings. The van der Waals surface area contributed by atoms with Crippen LogP contribution in [0.1, 0.15) is 23.2 Å². The van der Waals surface area contributed by atoms with Crippen LogP contribution in [0.15, 0.2) is 24.3 Å². The second-order valence-electron chi connectivity index (χ2n) is 6.60. The van der Waals surface area contributed by atoms with E-state index in [1.54, 1.807) is 34.1 Å². The van der Waals surface area contributed by atoms with Gasteiger partial charge >= 0.3 is 0 Å². The molecule has 8 heteroatoms. The first-order valence-corrected chi connectivity index (χ1v) is 9.11. The summed E-state index contributed by atoms with van der Waals surface area (Å²) in [7, 11) is 0. The average molecular weight is 402 g/mol. The van der Waals surface area contributed by atoms with Crippen molar-refractivity contribution in [3.8, 4) is 0 Å². The van der Waals surface area contributed by atoms with Crippen molar-refractivity contribution >= 4 is 35.8 Å². The smallest absolute Gasteiger partial charge is 0.253 e. The van der Waals surface area contributed by atoms with Crippen LogP contribution in [-0.2, 0) is 9.53 Å². The largest absolute Gasteiger partial charge is 0.381 e. The molecule has 2 fully saturated rings. The number of nitrogens with two attached hydrogens (primary N) is 1. The van der Waals surface area contributed by atoms with Crippen molar-refractivity contribution < 1.29 is 14.3 Å². The van der Waals surface area contributed by atoms with Gasteiger partial charge in [-0.05, 0) is 43.0 Å². The maximum atomic E-state index is 12.6. The van der Waals surface area contributed by atoms with E-state index in [0.717, 1.165) is 12.8 Å². The first kappa shape index (κ1) is 21.0. The van der Waals surface area contributed by atoms with Gasteiger partial charge in [0.05, 0.1) is 6.04 Å². The molecule has 0 radical (unpaired) electrons. The standard InChI is InChI=1S/C18H24ClN3O3.ClH/c19-15-3-1-14(2-4-15)17(23)21-7-9-22(10-8-21)18(24)16(20)13-5-11-25-12-6-13;/h1-4,13,16H,5-12,20H2;1H. The highest BCUT2D eigenvalue weighted by molar-refractivity contribution is 6.30. The summed E-state index contributed by atoms with van der Waals surface area (Å²) < 4.78 is 5.33. The van der Waals surface area contributed by atoms with Crippen LogP contribution >= 0.6 is 24.0 Å². The predicted octanol–water partition coefficient (Wildman–Crippen LogP) is 1.80. The number of carbonyl (C=O) groups excluding carboxylic acids is 2. The van der Waals surface area contributed by atoms with Crippen LogP contribution in [0, 0.1) is 5.92 Å². The molecule has 2 saturated heterocycles. The van der Waals surface area contributed by atoms with E-state index in [2.05, 4.69) is 0 Å². The molecule has 144 valence electrons. The molecule has 1 aromatic carbocycles. The molecule has 1 atom stereocenters. The van der Waals surface area contributed by atoms with Gasteiger partial charge in [0.15, 0.2) is 0 Å². The number of benzene rings is 1. The Bertz CT molecular complexity index is 613. The van der Waals surface area contributed by atoms with Crippen molar-refractivity contribution in [2.75, 3.05) is 39.4 Å². The van der Waals surface area contributed by atoms with E-state index in [1.165, 1.54) is 0 Å². The normalized spacial score (nSPS) is 19.6. The zero-order valence-corrected chi connectivity index (χ0v) is 16.2. The SMILES string of the molecule is Cl.NC(C(=O)N1CCN(C(=O)c2ccc(Cl)cc2)CC1)C1CCOCC1. The number of piperazine rings is 1. The number of nitrogens with zero attached hydrogens (tertiary/aromatic N) is 2. The lowest BCUT2D eigenvalue weighted by atomic mass is 9.91.